The maximum Gasteiger partial charge on any atom is 0.136 e. The van der Waals surface area contributed by atoms with Gasteiger partial charge in [0.1, 0.15) is 11.5 Å². The molecule has 0 fully saturated rings. The van der Waals surface area contributed by atoms with Crippen molar-refractivity contribution >= 4 is 11.8 Å². The van der Waals surface area contributed by atoms with Crippen LogP contribution < -0.4 is 15.2 Å². The Hall–Kier alpha value is -0.870. The first kappa shape index (κ1) is 13.6. The minimum atomic E-state index is 0.425. The van der Waals surface area contributed by atoms with E-state index in [9.17, 15) is 0 Å². The molecular formula is C14H21NO2S. The lowest BCUT2D eigenvalue weighted by atomic mass is 9.76. The standard InChI is InChI=1S/C14H21NO2S/c1-4-5-18-12-7-11(16-2)13-9(8-15)6-10(13)14(12)17-3/h7,9H,4-6,8,15H2,1-3H3. The van der Waals surface area contributed by atoms with Gasteiger partial charge in [-0.25, -0.2) is 0 Å². The smallest absolute Gasteiger partial charge is 0.136 e. The minimum absolute atomic E-state index is 0.425. The molecule has 2 N–H and O–H groups in total. The minimum Gasteiger partial charge on any atom is -0.496 e. The zero-order valence-corrected chi connectivity index (χ0v) is 12.1. The van der Waals surface area contributed by atoms with Gasteiger partial charge in [-0.2, -0.15) is 0 Å². The molecule has 0 saturated carbocycles. The summed E-state index contributed by atoms with van der Waals surface area (Å²) in [4.78, 5) is 1.19. The lowest BCUT2D eigenvalue weighted by molar-refractivity contribution is 0.368. The molecule has 0 radical (unpaired) electrons. The van der Waals surface area contributed by atoms with Crippen molar-refractivity contribution in [3.8, 4) is 11.5 Å². The van der Waals surface area contributed by atoms with Crippen LogP contribution in [0.1, 0.15) is 30.4 Å². The molecule has 0 saturated heterocycles. The topological polar surface area (TPSA) is 44.5 Å². The second kappa shape index (κ2) is 5.85. The molecule has 0 bridgehead atoms. The SMILES string of the molecule is CCCSc1cc(OC)c2c(c1OC)CC2CN. The van der Waals surface area contributed by atoms with Gasteiger partial charge in [0.2, 0.25) is 0 Å². The summed E-state index contributed by atoms with van der Waals surface area (Å²) in [5.74, 6) is 3.51. The van der Waals surface area contributed by atoms with E-state index < -0.39 is 0 Å². The van der Waals surface area contributed by atoms with E-state index in [1.807, 2.05) is 11.8 Å². The van der Waals surface area contributed by atoms with Gasteiger partial charge in [0.25, 0.3) is 0 Å². The molecule has 3 nitrogen and oxygen atoms in total. The summed E-state index contributed by atoms with van der Waals surface area (Å²) >= 11 is 1.83. The van der Waals surface area contributed by atoms with Crippen LogP contribution in [0, 0.1) is 0 Å². The van der Waals surface area contributed by atoms with E-state index in [0.29, 0.717) is 12.5 Å². The highest BCUT2D eigenvalue weighted by Gasteiger charge is 2.33. The Balaban J connectivity index is 2.41. The van der Waals surface area contributed by atoms with E-state index in [-0.39, 0.29) is 0 Å². The summed E-state index contributed by atoms with van der Waals surface area (Å²) < 4.78 is 11.1. The van der Waals surface area contributed by atoms with Crippen molar-refractivity contribution in [2.24, 2.45) is 5.73 Å². The zero-order chi connectivity index (χ0) is 13.1. The first-order valence-corrected chi connectivity index (χ1v) is 7.35. The molecule has 4 heteroatoms. The quantitative estimate of drug-likeness (QED) is 0.805. The van der Waals surface area contributed by atoms with Crippen molar-refractivity contribution < 1.29 is 9.47 Å². The number of hydrogen-bond acceptors (Lipinski definition) is 4. The fourth-order valence-corrected chi connectivity index (χ4v) is 3.41. The molecule has 1 unspecified atom stereocenters. The lowest BCUT2D eigenvalue weighted by Gasteiger charge is -2.33. The van der Waals surface area contributed by atoms with Crippen molar-refractivity contribution in [1.29, 1.82) is 0 Å². The van der Waals surface area contributed by atoms with E-state index >= 15 is 0 Å². The summed E-state index contributed by atoms with van der Waals surface area (Å²) in [6.07, 6.45) is 2.16. The molecule has 1 atom stereocenters. The normalized spacial score (nSPS) is 17.0. The molecule has 2 rings (SSSR count). The second-order valence-corrected chi connectivity index (χ2v) is 5.62. The van der Waals surface area contributed by atoms with E-state index in [1.54, 1.807) is 14.2 Å². The predicted octanol–water partition coefficient (Wildman–Crippen LogP) is 2.80. The third kappa shape index (κ3) is 2.19. The van der Waals surface area contributed by atoms with Gasteiger partial charge in [-0.1, -0.05) is 6.92 Å². The van der Waals surface area contributed by atoms with Crippen LogP contribution in [-0.2, 0) is 6.42 Å². The van der Waals surface area contributed by atoms with Crippen molar-refractivity contribution in [2.75, 3.05) is 26.5 Å². The molecule has 0 amide bonds. The van der Waals surface area contributed by atoms with E-state index in [4.69, 9.17) is 15.2 Å². The van der Waals surface area contributed by atoms with Crippen molar-refractivity contribution in [3.63, 3.8) is 0 Å². The fraction of sp³-hybridized carbons (Fsp3) is 0.571. The number of fused-ring (bicyclic) bond motifs is 1. The molecule has 0 spiro atoms. The third-order valence-electron chi connectivity index (χ3n) is 3.38. The highest BCUT2D eigenvalue weighted by Crippen LogP contribution is 2.50. The Morgan fingerprint density at radius 1 is 1.39 bits per heavy atom. The van der Waals surface area contributed by atoms with E-state index in [1.165, 1.54) is 16.0 Å². The average Bonchev–Trinajstić information content (AvgIpc) is 2.37. The number of hydrogen-bond donors (Lipinski definition) is 1. The highest BCUT2D eigenvalue weighted by atomic mass is 32.2. The van der Waals surface area contributed by atoms with Crippen molar-refractivity contribution in [1.82, 2.24) is 0 Å². The summed E-state index contributed by atoms with van der Waals surface area (Å²) in [5, 5.41) is 0. The van der Waals surface area contributed by atoms with Gasteiger partial charge >= 0.3 is 0 Å². The molecule has 18 heavy (non-hydrogen) atoms. The Morgan fingerprint density at radius 3 is 2.72 bits per heavy atom. The molecule has 0 aliphatic heterocycles. The number of ether oxygens (including phenoxy) is 2. The summed E-state index contributed by atoms with van der Waals surface area (Å²) in [5.41, 5.74) is 8.31. The summed E-state index contributed by atoms with van der Waals surface area (Å²) in [6.45, 7) is 2.86. The van der Waals surface area contributed by atoms with Crippen LogP contribution in [-0.4, -0.2) is 26.5 Å². The van der Waals surface area contributed by atoms with Crippen LogP contribution in [0.5, 0.6) is 11.5 Å². The predicted molar refractivity (Wildman–Crippen MR) is 76.1 cm³/mol. The number of methoxy groups -OCH3 is 2. The lowest BCUT2D eigenvalue weighted by Crippen LogP contribution is -2.26. The van der Waals surface area contributed by atoms with Gasteiger partial charge in [0.05, 0.1) is 19.1 Å². The Labute approximate surface area is 113 Å². The fourth-order valence-electron chi connectivity index (χ4n) is 2.46. The Bertz CT molecular complexity index is 434. The van der Waals surface area contributed by atoms with Crippen LogP contribution in [0.2, 0.25) is 0 Å². The number of thioether (sulfide) groups is 1. The summed E-state index contributed by atoms with van der Waals surface area (Å²) in [7, 11) is 3.47. The maximum absolute atomic E-state index is 5.78. The zero-order valence-electron chi connectivity index (χ0n) is 11.3. The average molecular weight is 267 g/mol. The van der Waals surface area contributed by atoms with Gasteiger partial charge in [0, 0.05) is 17.0 Å². The number of rotatable bonds is 6. The number of nitrogens with two attached hydrogens (primary N) is 1. The van der Waals surface area contributed by atoms with Crippen LogP contribution >= 0.6 is 11.8 Å². The molecule has 100 valence electrons. The molecule has 1 aliphatic carbocycles. The molecule has 1 aromatic rings. The van der Waals surface area contributed by atoms with Crippen LogP contribution in [0.15, 0.2) is 11.0 Å². The molecule has 0 aromatic heterocycles. The molecular weight excluding hydrogens is 246 g/mol. The largest absolute Gasteiger partial charge is 0.496 e. The first-order chi connectivity index (χ1) is 8.76. The van der Waals surface area contributed by atoms with Crippen LogP contribution in [0.4, 0.5) is 0 Å². The second-order valence-electron chi connectivity index (χ2n) is 4.49. The highest BCUT2D eigenvalue weighted by molar-refractivity contribution is 7.99. The van der Waals surface area contributed by atoms with E-state index in [2.05, 4.69) is 13.0 Å². The van der Waals surface area contributed by atoms with E-state index in [0.717, 1.165) is 30.1 Å². The maximum atomic E-state index is 5.78. The van der Waals surface area contributed by atoms with Crippen LogP contribution in [0.25, 0.3) is 0 Å². The van der Waals surface area contributed by atoms with Gasteiger partial charge in [0.15, 0.2) is 0 Å². The van der Waals surface area contributed by atoms with Crippen LogP contribution in [0.3, 0.4) is 0 Å². The molecule has 1 aromatic carbocycles. The first-order valence-electron chi connectivity index (χ1n) is 6.37. The van der Waals surface area contributed by atoms with Crippen molar-refractivity contribution in [3.05, 3.63) is 17.2 Å². The molecule has 1 aliphatic rings. The monoisotopic (exact) mass is 267 g/mol. The Kier molecular flexibility index (Phi) is 4.40. The van der Waals surface area contributed by atoms with Crippen molar-refractivity contribution in [2.45, 2.75) is 30.6 Å². The van der Waals surface area contributed by atoms with Gasteiger partial charge in [-0.3, -0.25) is 0 Å². The molecule has 0 heterocycles. The number of benzene rings is 1. The van der Waals surface area contributed by atoms with Gasteiger partial charge in [-0.15, -0.1) is 11.8 Å². The van der Waals surface area contributed by atoms with Gasteiger partial charge < -0.3 is 15.2 Å². The third-order valence-corrected chi connectivity index (χ3v) is 4.61. The summed E-state index contributed by atoms with van der Waals surface area (Å²) in [6, 6.07) is 2.10. The van der Waals surface area contributed by atoms with Gasteiger partial charge in [-0.05, 0) is 31.2 Å². The Morgan fingerprint density at radius 2 is 2.17 bits per heavy atom.